The van der Waals surface area contributed by atoms with E-state index in [9.17, 15) is 22.4 Å². The van der Waals surface area contributed by atoms with Gasteiger partial charge in [-0.05, 0) is 18.9 Å². The predicted octanol–water partition coefficient (Wildman–Crippen LogP) is 4.59. The summed E-state index contributed by atoms with van der Waals surface area (Å²) in [5.74, 6) is -2.09. The van der Waals surface area contributed by atoms with Crippen LogP contribution in [-0.2, 0) is 6.18 Å². The van der Waals surface area contributed by atoms with Crippen molar-refractivity contribution in [2.75, 3.05) is 5.33 Å². The number of unbranched alkanes of at least 4 members (excludes halogenated alkanes) is 1. The number of alkyl halides is 4. The second kappa shape index (κ2) is 6.31. The van der Waals surface area contributed by atoms with E-state index in [1.54, 1.807) is 0 Å². The number of hydrogen-bond donors (Lipinski definition) is 0. The molecule has 0 saturated carbocycles. The standard InChI is InChI=1S/C12H11BrF4O/c13-7-2-1-6-10(18)8-4-3-5-9(14)11(8)12(15,16)17/h3-5H,1-2,6-7H2. The lowest BCUT2D eigenvalue weighted by atomic mass is 9.99. The van der Waals surface area contributed by atoms with Gasteiger partial charge in [-0.3, -0.25) is 4.79 Å². The molecule has 0 bridgehead atoms. The second-order valence-electron chi connectivity index (χ2n) is 3.73. The van der Waals surface area contributed by atoms with Gasteiger partial charge in [0.05, 0.1) is 0 Å². The minimum absolute atomic E-state index is 0.0157. The highest BCUT2D eigenvalue weighted by atomic mass is 79.9. The number of carbonyl (C=O) groups excluding carboxylic acids is 1. The molecule has 1 rings (SSSR count). The maximum Gasteiger partial charge on any atom is 0.419 e. The molecule has 0 aromatic heterocycles. The van der Waals surface area contributed by atoms with Crippen LogP contribution in [-0.4, -0.2) is 11.1 Å². The quantitative estimate of drug-likeness (QED) is 0.334. The number of rotatable bonds is 5. The molecular formula is C12H11BrF4O. The Hall–Kier alpha value is -0.910. The molecule has 0 unspecified atom stereocenters. The van der Waals surface area contributed by atoms with Gasteiger partial charge in [-0.15, -0.1) is 0 Å². The monoisotopic (exact) mass is 326 g/mol. The number of halogens is 5. The fourth-order valence-corrected chi connectivity index (χ4v) is 1.96. The summed E-state index contributed by atoms with van der Waals surface area (Å²) in [6.45, 7) is 0. The maximum absolute atomic E-state index is 13.2. The fourth-order valence-electron chi connectivity index (χ4n) is 1.56. The van der Waals surface area contributed by atoms with Gasteiger partial charge in [-0.25, -0.2) is 4.39 Å². The highest BCUT2D eigenvalue weighted by Gasteiger charge is 2.38. The van der Waals surface area contributed by atoms with Crippen LogP contribution in [0.2, 0.25) is 0 Å². The first-order valence-electron chi connectivity index (χ1n) is 5.32. The third-order valence-electron chi connectivity index (χ3n) is 2.38. The van der Waals surface area contributed by atoms with E-state index in [2.05, 4.69) is 15.9 Å². The molecule has 1 aromatic carbocycles. The highest BCUT2D eigenvalue weighted by Crippen LogP contribution is 2.34. The van der Waals surface area contributed by atoms with Crippen LogP contribution in [0, 0.1) is 5.82 Å². The molecule has 0 amide bonds. The molecular weight excluding hydrogens is 316 g/mol. The van der Waals surface area contributed by atoms with Crippen LogP contribution in [0.15, 0.2) is 18.2 Å². The summed E-state index contributed by atoms with van der Waals surface area (Å²) in [6.07, 6.45) is -3.72. The van der Waals surface area contributed by atoms with Gasteiger partial charge >= 0.3 is 6.18 Å². The van der Waals surface area contributed by atoms with E-state index in [1.165, 1.54) is 0 Å². The van der Waals surface area contributed by atoms with E-state index in [-0.39, 0.29) is 6.42 Å². The van der Waals surface area contributed by atoms with Crippen molar-refractivity contribution in [3.05, 3.63) is 35.1 Å². The zero-order chi connectivity index (χ0) is 13.8. The molecule has 0 heterocycles. The van der Waals surface area contributed by atoms with Gasteiger partial charge in [0.25, 0.3) is 0 Å². The van der Waals surface area contributed by atoms with E-state index in [4.69, 9.17) is 0 Å². The summed E-state index contributed by atoms with van der Waals surface area (Å²) in [5.41, 5.74) is -2.05. The number of benzene rings is 1. The van der Waals surface area contributed by atoms with Gasteiger partial charge in [0.15, 0.2) is 5.78 Å². The van der Waals surface area contributed by atoms with Crippen molar-refractivity contribution in [2.24, 2.45) is 0 Å². The van der Waals surface area contributed by atoms with Crippen LogP contribution in [0.25, 0.3) is 0 Å². The van der Waals surface area contributed by atoms with E-state index in [0.717, 1.165) is 12.1 Å². The Morgan fingerprint density at radius 1 is 1.22 bits per heavy atom. The van der Waals surface area contributed by atoms with Crippen molar-refractivity contribution in [3.8, 4) is 0 Å². The summed E-state index contributed by atoms with van der Waals surface area (Å²) in [4.78, 5) is 11.7. The van der Waals surface area contributed by atoms with E-state index in [1.807, 2.05) is 0 Å². The van der Waals surface area contributed by atoms with Gasteiger partial charge in [-0.2, -0.15) is 13.2 Å². The lowest BCUT2D eigenvalue weighted by Crippen LogP contribution is -2.15. The van der Waals surface area contributed by atoms with E-state index in [0.29, 0.717) is 24.2 Å². The Kier molecular flexibility index (Phi) is 5.31. The third kappa shape index (κ3) is 3.80. The van der Waals surface area contributed by atoms with Crippen LogP contribution in [0.1, 0.15) is 35.2 Å². The highest BCUT2D eigenvalue weighted by molar-refractivity contribution is 9.09. The second-order valence-corrected chi connectivity index (χ2v) is 4.52. The lowest BCUT2D eigenvalue weighted by Gasteiger charge is -2.12. The van der Waals surface area contributed by atoms with Gasteiger partial charge in [0.2, 0.25) is 0 Å². The fraction of sp³-hybridized carbons (Fsp3) is 0.417. The Morgan fingerprint density at radius 2 is 1.89 bits per heavy atom. The SMILES string of the molecule is O=C(CCCCBr)c1cccc(F)c1C(F)(F)F. The summed E-state index contributed by atoms with van der Waals surface area (Å²) in [6, 6.07) is 2.84. The van der Waals surface area contributed by atoms with Crippen LogP contribution in [0.5, 0.6) is 0 Å². The molecule has 0 saturated heterocycles. The van der Waals surface area contributed by atoms with Crippen molar-refractivity contribution in [1.82, 2.24) is 0 Å². The molecule has 0 aliphatic rings. The lowest BCUT2D eigenvalue weighted by molar-refractivity contribution is -0.140. The molecule has 0 fully saturated rings. The van der Waals surface area contributed by atoms with Crippen molar-refractivity contribution in [2.45, 2.75) is 25.4 Å². The van der Waals surface area contributed by atoms with Crippen LogP contribution >= 0.6 is 15.9 Å². The molecule has 6 heteroatoms. The molecule has 1 aromatic rings. The van der Waals surface area contributed by atoms with Gasteiger partial charge in [0.1, 0.15) is 11.4 Å². The summed E-state index contributed by atoms with van der Waals surface area (Å²) < 4.78 is 51.2. The van der Waals surface area contributed by atoms with Crippen LogP contribution in [0.4, 0.5) is 17.6 Å². The molecule has 0 spiro atoms. The smallest absolute Gasteiger partial charge is 0.294 e. The van der Waals surface area contributed by atoms with Crippen molar-refractivity contribution < 1.29 is 22.4 Å². The number of hydrogen-bond acceptors (Lipinski definition) is 1. The zero-order valence-electron chi connectivity index (χ0n) is 9.36. The summed E-state index contributed by atoms with van der Waals surface area (Å²) in [5, 5.41) is 0.676. The molecule has 100 valence electrons. The first kappa shape index (κ1) is 15.1. The predicted molar refractivity (Wildman–Crippen MR) is 63.4 cm³/mol. The van der Waals surface area contributed by atoms with Gasteiger partial charge in [-0.1, -0.05) is 28.1 Å². The Morgan fingerprint density at radius 3 is 2.44 bits per heavy atom. The third-order valence-corrected chi connectivity index (χ3v) is 2.95. The molecule has 18 heavy (non-hydrogen) atoms. The van der Waals surface area contributed by atoms with E-state index >= 15 is 0 Å². The Labute approximate surface area is 110 Å². The van der Waals surface area contributed by atoms with Crippen LogP contribution in [0.3, 0.4) is 0 Å². The van der Waals surface area contributed by atoms with Crippen LogP contribution < -0.4 is 0 Å². The van der Waals surface area contributed by atoms with Crippen molar-refractivity contribution in [1.29, 1.82) is 0 Å². The summed E-state index contributed by atoms with van der Waals surface area (Å²) >= 11 is 3.16. The number of carbonyl (C=O) groups is 1. The van der Waals surface area contributed by atoms with Crippen molar-refractivity contribution >= 4 is 21.7 Å². The zero-order valence-corrected chi connectivity index (χ0v) is 10.9. The topological polar surface area (TPSA) is 17.1 Å². The first-order chi connectivity index (χ1) is 8.38. The molecule has 1 nitrogen and oxygen atoms in total. The minimum atomic E-state index is -4.86. The number of ketones is 1. The van der Waals surface area contributed by atoms with Crippen molar-refractivity contribution in [3.63, 3.8) is 0 Å². The minimum Gasteiger partial charge on any atom is -0.294 e. The van der Waals surface area contributed by atoms with Gasteiger partial charge < -0.3 is 0 Å². The van der Waals surface area contributed by atoms with E-state index < -0.39 is 28.9 Å². The van der Waals surface area contributed by atoms with Gasteiger partial charge in [0, 0.05) is 17.3 Å². The maximum atomic E-state index is 13.2. The first-order valence-corrected chi connectivity index (χ1v) is 6.45. The average Bonchev–Trinajstić information content (AvgIpc) is 2.27. The molecule has 0 aliphatic heterocycles. The molecule has 0 atom stereocenters. The largest absolute Gasteiger partial charge is 0.419 e. The molecule has 0 N–H and O–H groups in total. The normalized spacial score (nSPS) is 11.6. The Balaban J connectivity index is 3.02. The summed E-state index contributed by atoms with van der Waals surface area (Å²) in [7, 11) is 0. The number of Topliss-reactive ketones (excluding diaryl/α,β-unsaturated/α-hetero) is 1. The Bertz CT molecular complexity index is 429. The molecule has 0 aliphatic carbocycles. The average molecular weight is 327 g/mol. The molecule has 0 radical (unpaired) electrons.